The van der Waals surface area contributed by atoms with Crippen molar-refractivity contribution in [3.8, 4) is 6.07 Å². The summed E-state index contributed by atoms with van der Waals surface area (Å²) < 4.78 is 0. The summed E-state index contributed by atoms with van der Waals surface area (Å²) in [6.07, 6.45) is 3.53. The predicted octanol–water partition coefficient (Wildman–Crippen LogP) is 1.81. The second-order valence-corrected chi connectivity index (χ2v) is 4.34. The zero-order chi connectivity index (χ0) is 12.1. The average molecular weight is 231 g/mol. The highest BCUT2D eigenvalue weighted by molar-refractivity contribution is 5.50. The van der Waals surface area contributed by atoms with Gasteiger partial charge in [0, 0.05) is 12.2 Å². The number of rotatable bonds is 3. The molecule has 1 atom stereocenters. The van der Waals surface area contributed by atoms with E-state index in [1.807, 2.05) is 24.3 Å². The van der Waals surface area contributed by atoms with Crippen LogP contribution in [0, 0.1) is 11.3 Å². The van der Waals surface area contributed by atoms with Gasteiger partial charge in [0.25, 0.3) is 0 Å². The van der Waals surface area contributed by atoms with Crippen molar-refractivity contribution in [2.24, 2.45) is 5.90 Å². The molecule has 1 aliphatic heterocycles. The second-order valence-electron chi connectivity index (χ2n) is 4.34. The number of piperidine rings is 1. The first-order valence-electron chi connectivity index (χ1n) is 5.93. The minimum Gasteiger partial charge on any atom is -0.366 e. The highest BCUT2D eigenvalue weighted by atomic mass is 16.6. The van der Waals surface area contributed by atoms with E-state index in [-0.39, 0.29) is 0 Å². The predicted molar refractivity (Wildman–Crippen MR) is 66.3 cm³/mol. The Bertz CT molecular complexity index is 394. The number of hydrogen-bond acceptors (Lipinski definition) is 4. The summed E-state index contributed by atoms with van der Waals surface area (Å²) in [5.41, 5.74) is 1.84. The molecule has 0 bridgehead atoms. The number of hydrogen-bond donors (Lipinski definition) is 1. The van der Waals surface area contributed by atoms with Crippen LogP contribution in [0.25, 0.3) is 0 Å². The molecule has 0 saturated carbocycles. The number of nitriles is 1. The van der Waals surface area contributed by atoms with E-state index < -0.39 is 0 Å². The largest absolute Gasteiger partial charge is 0.366 e. The Kier molecular flexibility index (Phi) is 3.97. The summed E-state index contributed by atoms with van der Waals surface area (Å²) in [5.74, 6) is 5.18. The number of nitrogens with zero attached hydrogens (tertiary/aromatic N) is 2. The van der Waals surface area contributed by atoms with E-state index in [4.69, 9.17) is 16.0 Å². The summed E-state index contributed by atoms with van der Waals surface area (Å²) in [5, 5.41) is 8.77. The lowest BCUT2D eigenvalue weighted by Crippen LogP contribution is -2.43. The van der Waals surface area contributed by atoms with Crippen molar-refractivity contribution in [3.63, 3.8) is 0 Å². The zero-order valence-corrected chi connectivity index (χ0v) is 9.80. The smallest absolute Gasteiger partial charge is 0.0991 e. The van der Waals surface area contributed by atoms with Gasteiger partial charge >= 0.3 is 0 Å². The first kappa shape index (κ1) is 11.9. The lowest BCUT2D eigenvalue weighted by molar-refractivity contribution is 0.114. The third-order valence-electron chi connectivity index (χ3n) is 3.24. The van der Waals surface area contributed by atoms with Crippen molar-refractivity contribution in [3.05, 3.63) is 29.8 Å². The van der Waals surface area contributed by atoms with Crippen LogP contribution >= 0.6 is 0 Å². The van der Waals surface area contributed by atoms with Gasteiger partial charge in [0.15, 0.2) is 0 Å². The molecule has 0 aliphatic carbocycles. The van der Waals surface area contributed by atoms with Crippen molar-refractivity contribution < 1.29 is 4.84 Å². The molecule has 0 amide bonds. The fraction of sp³-hybridized carbons (Fsp3) is 0.462. The third kappa shape index (κ3) is 2.76. The van der Waals surface area contributed by atoms with Crippen molar-refractivity contribution in [2.45, 2.75) is 25.3 Å². The first-order valence-corrected chi connectivity index (χ1v) is 5.93. The van der Waals surface area contributed by atoms with Gasteiger partial charge < -0.3 is 9.74 Å². The number of benzene rings is 1. The molecule has 4 nitrogen and oxygen atoms in total. The van der Waals surface area contributed by atoms with E-state index in [0.29, 0.717) is 18.2 Å². The van der Waals surface area contributed by atoms with E-state index in [0.717, 1.165) is 18.7 Å². The Morgan fingerprint density at radius 1 is 1.35 bits per heavy atom. The SMILES string of the molecule is N#Cc1ccc(N2CCCCC2CON)cc1. The highest BCUT2D eigenvalue weighted by Gasteiger charge is 2.22. The maximum Gasteiger partial charge on any atom is 0.0991 e. The standard InChI is InChI=1S/C13H17N3O/c14-9-11-4-6-12(7-5-11)16-8-2-1-3-13(16)10-17-15/h4-7,13H,1-3,8,10,15H2. The van der Waals surface area contributed by atoms with Crippen LogP contribution in [0.5, 0.6) is 0 Å². The highest BCUT2D eigenvalue weighted by Crippen LogP contribution is 2.25. The van der Waals surface area contributed by atoms with Crippen LogP contribution in [-0.4, -0.2) is 19.2 Å². The quantitative estimate of drug-likeness (QED) is 0.806. The summed E-state index contributed by atoms with van der Waals surface area (Å²) in [7, 11) is 0. The average Bonchev–Trinajstić information content (AvgIpc) is 2.40. The molecule has 2 N–H and O–H groups in total. The molecule has 1 aromatic carbocycles. The Hall–Kier alpha value is -1.57. The van der Waals surface area contributed by atoms with E-state index in [2.05, 4.69) is 11.0 Å². The third-order valence-corrected chi connectivity index (χ3v) is 3.24. The summed E-state index contributed by atoms with van der Waals surface area (Å²) in [6.45, 7) is 1.58. The molecule has 0 aromatic heterocycles. The van der Waals surface area contributed by atoms with Crippen LogP contribution in [0.4, 0.5) is 5.69 Å². The van der Waals surface area contributed by atoms with Gasteiger partial charge in [-0.2, -0.15) is 5.26 Å². The van der Waals surface area contributed by atoms with E-state index in [9.17, 15) is 0 Å². The summed E-state index contributed by atoms with van der Waals surface area (Å²) in [4.78, 5) is 7.10. The van der Waals surface area contributed by atoms with Gasteiger partial charge in [-0.15, -0.1) is 0 Å². The second kappa shape index (κ2) is 5.67. The van der Waals surface area contributed by atoms with Gasteiger partial charge in [-0.3, -0.25) is 0 Å². The van der Waals surface area contributed by atoms with Gasteiger partial charge in [0.2, 0.25) is 0 Å². The Morgan fingerprint density at radius 2 is 2.12 bits per heavy atom. The van der Waals surface area contributed by atoms with E-state index in [1.54, 1.807) is 0 Å². The molecule has 1 aromatic rings. The van der Waals surface area contributed by atoms with Gasteiger partial charge in [-0.1, -0.05) is 0 Å². The lowest BCUT2D eigenvalue weighted by atomic mass is 10.0. The minimum atomic E-state index is 0.349. The van der Waals surface area contributed by atoms with Crippen molar-refractivity contribution in [1.29, 1.82) is 5.26 Å². The van der Waals surface area contributed by atoms with Gasteiger partial charge in [-0.25, -0.2) is 5.90 Å². The summed E-state index contributed by atoms with van der Waals surface area (Å²) in [6, 6.07) is 10.2. The molecule has 1 unspecified atom stereocenters. The Labute approximate surface area is 102 Å². The molecule has 0 radical (unpaired) electrons. The maximum absolute atomic E-state index is 8.77. The first-order chi connectivity index (χ1) is 8.35. The number of nitrogens with two attached hydrogens (primary N) is 1. The monoisotopic (exact) mass is 231 g/mol. The minimum absolute atomic E-state index is 0.349. The van der Waals surface area contributed by atoms with Crippen molar-refractivity contribution in [2.75, 3.05) is 18.1 Å². The molecule has 1 saturated heterocycles. The Morgan fingerprint density at radius 3 is 2.76 bits per heavy atom. The molecule has 17 heavy (non-hydrogen) atoms. The molecule has 1 fully saturated rings. The van der Waals surface area contributed by atoms with Crippen LogP contribution in [0.2, 0.25) is 0 Å². The fourth-order valence-corrected chi connectivity index (χ4v) is 2.35. The van der Waals surface area contributed by atoms with Crippen LogP contribution in [-0.2, 0) is 4.84 Å². The molecule has 4 heteroatoms. The van der Waals surface area contributed by atoms with E-state index in [1.165, 1.54) is 12.8 Å². The molecule has 1 heterocycles. The maximum atomic E-state index is 8.77. The normalized spacial score (nSPS) is 20.0. The Balaban J connectivity index is 2.14. The fourth-order valence-electron chi connectivity index (χ4n) is 2.35. The van der Waals surface area contributed by atoms with Gasteiger partial charge in [0.1, 0.15) is 0 Å². The van der Waals surface area contributed by atoms with Crippen LogP contribution < -0.4 is 10.8 Å². The number of anilines is 1. The van der Waals surface area contributed by atoms with E-state index >= 15 is 0 Å². The molecule has 90 valence electrons. The zero-order valence-electron chi connectivity index (χ0n) is 9.80. The van der Waals surface area contributed by atoms with Crippen LogP contribution in [0.1, 0.15) is 24.8 Å². The molecular weight excluding hydrogens is 214 g/mol. The molecule has 1 aliphatic rings. The topological polar surface area (TPSA) is 62.3 Å². The summed E-state index contributed by atoms with van der Waals surface area (Å²) >= 11 is 0. The molecular formula is C13H17N3O. The van der Waals surface area contributed by atoms with Crippen LogP contribution in [0.15, 0.2) is 24.3 Å². The van der Waals surface area contributed by atoms with Gasteiger partial charge in [-0.05, 0) is 43.5 Å². The van der Waals surface area contributed by atoms with Gasteiger partial charge in [0.05, 0.1) is 24.3 Å². The lowest BCUT2D eigenvalue weighted by Gasteiger charge is -2.37. The molecule has 0 spiro atoms. The van der Waals surface area contributed by atoms with Crippen LogP contribution in [0.3, 0.4) is 0 Å². The van der Waals surface area contributed by atoms with Crippen molar-refractivity contribution in [1.82, 2.24) is 0 Å². The molecule has 2 rings (SSSR count). The van der Waals surface area contributed by atoms with Crippen molar-refractivity contribution >= 4 is 5.69 Å².